The number of hydrogen-bond donors (Lipinski definition) is 1. The van der Waals surface area contributed by atoms with Crippen LogP contribution in [0.4, 0.5) is 4.79 Å². The van der Waals surface area contributed by atoms with Gasteiger partial charge in [0, 0.05) is 11.1 Å². The highest BCUT2D eigenvalue weighted by Gasteiger charge is 2.61. The number of carboxylic acid groups (broad SMARTS) is 1. The van der Waals surface area contributed by atoms with Crippen molar-refractivity contribution in [1.82, 2.24) is 4.90 Å². The maximum absolute atomic E-state index is 12.1. The molecule has 0 spiro atoms. The van der Waals surface area contributed by atoms with Gasteiger partial charge in [-0.1, -0.05) is 27.7 Å². The number of β-lactam (4-membered cyclic amide) rings is 1. The molecule has 21 heavy (non-hydrogen) atoms. The van der Waals surface area contributed by atoms with Gasteiger partial charge >= 0.3 is 5.30 Å². The third-order valence-corrected chi connectivity index (χ3v) is 13.9. The molecule has 2 rings (SSSR count). The third-order valence-electron chi connectivity index (χ3n) is 4.76. The molecule has 2 aliphatic rings. The van der Waals surface area contributed by atoms with Crippen LogP contribution in [0.2, 0.25) is 18.1 Å². The van der Waals surface area contributed by atoms with E-state index in [9.17, 15) is 14.7 Å². The van der Waals surface area contributed by atoms with Crippen LogP contribution in [0.1, 0.15) is 40.5 Å². The zero-order valence-corrected chi connectivity index (χ0v) is 15.4. The van der Waals surface area contributed by atoms with Crippen molar-refractivity contribution in [2.45, 2.75) is 64.0 Å². The van der Waals surface area contributed by atoms with Crippen LogP contribution in [0.3, 0.4) is 0 Å². The second-order valence-electron chi connectivity index (χ2n) is 7.12. The van der Waals surface area contributed by atoms with Crippen molar-refractivity contribution >= 4 is 29.8 Å². The highest BCUT2D eigenvalue weighted by Crippen LogP contribution is 2.71. The maximum Gasteiger partial charge on any atom is 0.374 e. The predicted octanol–water partition coefficient (Wildman–Crippen LogP) is 4.23. The van der Waals surface area contributed by atoms with Gasteiger partial charge in [-0.15, -0.1) is 0 Å². The predicted molar refractivity (Wildman–Crippen MR) is 87.5 cm³/mol. The first-order valence-corrected chi connectivity index (χ1v) is 11.8. The molecule has 0 aliphatic carbocycles. The Bertz CT molecular complexity index is 526. The van der Waals surface area contributed by atoms with Gasteiger partial charge in [-0.3, -0.25) is 4.79 Å². The minimum absolute atomic E-state index is 0.000376. The summed E-state index contributed by atoms with van der Waals surface area (Å²) in [4.78, 5) is 26.2. The quantitative estimate of drug-likeness (QED) is 0.621. The number of fused-ring (bicyclic) bond motifs is 1. The van der Waals surface area contributed by atoms with E-state index < -0.39 is 23.9 Å². The lowest BCUT2D eigenvalue weighted by atomic mass is 10.2. The average Bonchev–Trinajstić information content (AvgIpc) is 2.57. The van der Waals surface area contributed by atoms with Gasteiger partial charge in [0.2, 0.25) is 14.2 Å². The molecule has 0 aromatic carbocycles. The van der Waals surface area contributed by atoms with E-state index in [1.54, 1.807) is 11.1 Å². The van der Waals surface area contributed by atoms with Crippen molar-refractivity contribution in [2.75, 3.05) is 0 Å². The molecule has 0 saturated carbocycles. The third kappa shape index (κ3) is 2.26. The van der Waals surface area contributed by atoms with Gasteiger partial charge in [-0.05, 0) is 34.9 Å². The van der Waals surface area contributed by atoms with Crippen LogP contribution in [0, 0.1) is 0 Å². The van der Waals surface area contributed by atoms with Crippen LogP contribution in [-0.4, -0.2) is 34.9 Å². The topological polar surface area (TPSA) is 66.8 Å². The molecule has 0 aromatic heterocycles. The smallest absolute Gasteiger partial charge is 0.374 e. The highest BCUT2D eigenvalue weighted by atomic mass is 32.3. The summed E-state index contributed by atoms with van der Waals surface area (Å²) < 4.78 is 6.46. The van der Waals surface area contributed by atoms with E-state index in [0.29, 0.717) is 6.42 Å². The molecule has 1 unspecified atom stereocenters. The van der Waals surface area contributed by atoms with Crippen molar-refractivity contribution in [3.05, 3.63) is 11.1 Å². The number of nitrogens with zero attached hydrogens (tertiary/aromatic N) is 1. The summed E-state index contributed by atoms with van der Waals surface area (Å²) in [7, 11) is -4.68. The first-order chi connectivity index (χ1) is 9.47. The highest BCUT2D eigenvalue weighted by molar-refractivity contribution is 8.45. The molecule has 1 saturated heterocycles. The Labute approximate surface area is 129 Å². The summed E-state index contributed by atoms with van der Waals surface area (Å²) in [6, 6.07) is 0. The van der Waals surface area contributed by atoms with Crippen LogP contribution < -0.4 is 0 Å². The standard InChI is InChI=1S/C14H25NO4SSi/c1-7-10-9-15-11(16)8-12(15)20(10,13(17)18)19-21(5,6)14(2,3)4/h9,12H,7-8H2,1-6H3,(H,17,18)/t12-/m1/s1. The summed E-state index contributed by atoms with van der Waals surface area (Å²) in [5.74, 6) is 0.000376. The van der Waals surface area contributed by atoms with Gasteiger partial charge in [-0.2, -0.15) is 0 Å². The fraction of sp³-hybridized carbons (Fsp3) is 0.714. The van der Waals surface area contributed by atoms with E-state index in [2.05, 4.69) is 33.9 Å². The summed E-state index contributed by atoms with van der Waals surface area (Å²) in [5.41, 5.74) is 0. The van der Waals surface area contributed by atoms with E-state index in [1.165, 1.54) is 0 Å². The fourth-order valence-electron chi connectivity index (χ4n) is 2.37. The SMILES string of the molecule is CCC1=CN2C(=O)C[C@H]2S1(O[Si](C)(C)C(C)(C)C)C(=O)O. The molecule has 1 fully saturated rings. The van der Waals surface area contributed by atoms with Crippen molar-refractivity contribution < 1.29 is 18.6 Å². The summed E-state index contributed by atoms with van der Waals surface area (Å²) >= 11 is 0. The molecule has 1 N–H and O–H groups in total. The van der Waals surface area contributed by atoms with Crippen LogP contribution in [0.25, 0.3) is 0 Å². The van der Waals surface area contributed by atoms with Crippen molar-refractivity contribution in [2.24, 2.45) is 0 Å². The molecule has 0 bridgehead atoms. The first-order valence-electron chi connectivity index (χ1n) is 7.25. The van der Waals surface area contributed by atoms with Crippen LogP contribution in [0.5, 0.6) is 0 Å². The molecular formula is C14H25NO4SSi. The monoisotopic (exact) mass is 331 g/mol. The Balaban J connectivity index is 2.46. The Morgan fingerprint density at radius 2 is 2.10 bits per heavy atom. The Kier molecular flexibility index (Phi) is 3.83. The van der Waals surface area contributed by atoms with Crippen molar-refractivity contribution in [1.29, 1.82) is 0 Å². The first kappa shape index (κ1) is 16.6. The number of rotatable bonds is 3. The lowest BCUT2D eigenvalue weighted by Gasteiger charge is -2.51. The number of hydrogen-bond acceptors (Lipinski definition) is 3. The number of allylic oxidation sites excluding steroid dienone is 1. The number of amides is 1. The Hall–Kier alpha value is -0.793. The normalized spacial score (nSPS) is 32.1. The van der Waals surface area contributed by atoms with E-state index in [-0.39, 0.29) is 22.7 Å². The summed E-state index contributed by atoms with van der Waals surface area (Å²) in [6.07, 6.45) is 2.62. The zero-order chi connectivity index (χ0) is 16.2. The minimum Gasteiger partial charge on any atom is -0.472 e. The van der Waals surface area contributed by atoms with Crippen molar-refractivity contribution in [3.63, 3.8) is 0 Å². The maximum atomic E-state index is 12.1. The molecule has 2 heterocycles. The molecular weight excluding hydrogens is 306 g/mol. The molecule has 7 heteroatoms. The fourth-order valence-corrected chi connectivity index (χ4v) is 9.54. The largest absolute Gasteiger partial charge is 0.472 e. The number of carbonyl (C=O) groups excluding carboxylic acids is 1. The van der Waals surface area contributed by atoms with E-state index in [1.807, 2.05) is 6.92 Å². The molecule has 1 amide bonds. The molecule has 5 nitrogen and oxygen atoms in total. The van der Waals surface area contributed by atoms with E-state index in [0.717, 1.165) is 4.91 Å². The molecule has 0 radical (unpaired) electrons. The Morgan fingerprint density at radius 3 is 2.48 bits per heavy atom. The zero-order valence-electron chi connectivity index (χ0n) is 13.6. The lowest BCUT2D eigenvalue weighted by Crippen LogP contribution is -2.53. The molecule has 2 aliphatic heterocycles. The molecule has 120 valence electrons. The summed E-state index contributed by atoms with van der Waals surface area (Å²) in [5, 5.41) is 8.70. The Morgan fingerprint density at radius 1 is 1.52 bits per heavy atom. The van der Waals surface area contributed by atoms with E-state index >= 15 is 0 Å². The number of carbonyl (C=O) groups is 2. The van der Waals surface area contributed by atoms with Gasteiger partial charge in [0.25, 0.3) is 0 Å². The minimum atomic E-state index is -2.44. The van der Waals surface area contributed by atoms with Gasteiger partial charge in [-0.25, -0.2) is 4.79 Å². The second-order valence-corrected chi connectivity index (χ2v) is 14.9. The molecule has 0 aromatic rings. The second kappa shape index (κ2) is 4.86. The van der Waals surface area contributed by atoms with Gasteiger partial charge in [0.15, 0.2) is 0 Å². The van der Waals surface area contributed by atoms with Crippen LogP contribution in [0.15, 0.2) is 11.1 Å². The van der Waals surface area contributed by atoms with E-state index in [4.69, 9.17) is 3.87 Å². The van der Waals surface area contributed by atoms with Gasteiger partial charge in [0.05, 0.1) is 6.42 Å². The van der Waals surface area contributed by atoms with Crippen LogP contribution in [-0.2, 0) is 8.67 Å². The van der Waals surface area contributed by atoms with Gasteiger partial charge < -0.3 is 13.9 Å². The van der Waals surface area contributed by atoms with Crippen molar-refractivity contribution in [3.8, 4) is 0 Å². The summed E-state index contributed by atoms with van der Waals surface area (Å²) in [6.45, 7) is 12.4. The lowest BCUT2D eigenvalue weighted by molar-refractivity contribution is -0.137. The van der Waals surface area contributed by atoms with Gasteiger partial charge in [0.1, 0.15) is 5.37 Å². The van der Waals surface area contributed by atoms with Crippen LogP contribution >= 0.6 is 10.3 Å². The average molecular weight is 332 g/mol. The molecule has 2 atom stereocenters.